The topological polar surface area (TPSA) is 20.5 Å². The van der Waals surface area contributed by atoms with Crippen LogP contribution in [0.2, 0.25) is 0 Å². The molecule has 0 atom stereocenters. The van der Waals surface area contributed by atoms with Gasteiger partial charge in [0.25, 0.3) is 0 Å². The Balaban J connectivity index is 1.13. The summed E-state index contributed by atoms with van der Waals surface area (Å²) >= 11 is 0. The number of aromatic nitrogens is 2. The molecule has 2 heterocycles. The fourth-order valence-corrected chi connectivity index (χ4v) is 11.1. The Bertz CT molecular complexity index is 3770. The van der Waals surface area contributed by atoms with Gasteiger partial charge in [-0.1, -0.05) is 237 Å². The highest BCUT2D eigenvalue weighted by Gasteiger charge is 2.46. The molecule has 69 heavy (non-hydrogen) atoms. The lowest BCUT2D eigenvalue weighted by atomic mass is 9.67. The number of rotatable bonds is 9. The molecule has 0 saturated heterocycles. The highest BCUT2D eigenvalue weighted by molar-refractivity contribution is 6.10. The number of benzene rings is 10. The van der Waals surface area contributed by atoms with Crippen LogP contribution in [0.1, 0.15) is 22.3 Å². The van der Waals surface area contributed by atoms with E-state index < -0.39 is 5.41 Å². The molecule has 13 rings (SSSR count). The molecule has 0 spiro atoms. The van der Waals surface area contributed by atoms with E-state index in [0.29, 0.717) is 0 Å². The van der Waals surface area contributed by atoms with Crippen LogP contribution < -0.4 is 4.90 Å². The molecular formula is C66H45N3. The molecule has 10 aromatic carbocycles. The maximum atomic E-state index is 5.57. The van der Waals surface area contributed by atoms with Gasteiger partial charge in [-0.2, -0.15) is 5.10 Å². The zero-order valence-electron chi connectivity index (χ0n) is 37.8. The molecular weight excluding hydrogens is 835 g/mol. The summed E-state index contributed by atoms with van der Waals surface area (Å²) in [4.78, 5) is 2.48. The summed E-state index contributed by atoms with van der Waals surface area (Å²) < 4.78 is 2.19. The molecule has 0 bridgehead atoms. The fraction of sp³-hybridized carbons (Fsp3) is 0.0152. The number of para-hydroxylation sites is 1. The second-order valence-corrected chi connectivity index (χ2v) is 17.9. The largest absolute Gasteiger partial charge is 0.310 e. The predicted molar refractivity (Wildman–Crippen MR) is 286 cm³/mol. The monoisotopic (exact) mass is 879 g/mol. The fourth-order valence-electron chi connectivity index (χ4n) is 11.1. The highest BCUT2D eigenvalue weighted by atomic mass is 15.2. The first-order valence-corrected chi connectivity index (χ1v) is 23.7. The third-order valence-corrected chi connectivity index (χ3v) is 14.1. The summed E-state index contributed by atoms with van der Waals surface area (Å²) in [6.45, 7) is 0. The van der Waals surface area contributed by atoms with Crippen LogP contribution in [0, 0.1) is 0 Å². The second-order valence-electron chi connectivity index (χ2n) is 17.9. The molecule has 12 aromatic rings. The number of hydrogen-bond acceptors (Lipinski definition) is 2. The minimum absolute atomic E-state index is 0.561. The van der Waals surface area contributed by atoms with Gasteiger partial charge in [-0.15, -0.1) is 0 Å². The molecule has 2 aromatic heterocycles. The van der Waals surface area contributed by atoms with Crippen molar-refractivity contribution in [3.63, 3.8) is 0 Å². The standard InChI is InChI=1S/C66H45N3/c1-7-23-46(24-8-1)55-35-20-22-38-61(55)68(54-41-42-57-56-36-19-21-37-59(56)66(60(57)45-54,51-31-15-5-16-32-51)52-33-17-6-18-34-52)53-40-39-50-43-62(47-25-9-2-10-26-47)69-65(58(50)44-53)63(48-27-11-3-12-28-48)64(67-69)49-29-13-4-14-30-49/h1-45H. The van der Waals surface area contributed by atoms with Crippen LogP contribution in [0.25, 0.3) is 72.2 Å². The van der Waals surface area contributed by atoms with Crippen LogP contribution in [0.3, 0.4) is 0 Å². The first-order valence-electron chi connectivity index (χ1n) is 23.7. The van der Waals surface area contributed by atoms with E-state index >= 15 is 0 Å². The summed E-state index contributed by atoms with van der Waals surface area (Å²) in [6.07, 6.45) is 0. The Hall–Kier alpha value is -9.05. The average Bonchev–Trinajstić information content (AvgIpc) is 3.98. The van der Waals surface area contributed by atoms with Crippen molar-refractivity contribution in [1.82, 2.24) is 9.61 Å². The molecule has 0 amide bonds. The molecule has 0 aliphatic heterocycles. The zero-order chi connectivity index (χ0) is 45.7. The Kier molecular flexibility index (Phi) is 9.73. The maximum absolute atomic E-state index is 5.57. The Labute approximate surface area is 402 Å². The van der Waals surface area contributed by atoms with Crippen molar-refractivity contribution in [2.24, 2.45) is 0 Å². The van der Waals surface area contributed by atoms with Gasteiger partial charge in [0, 0.05) is 39.0 Å². The van der Waals surface area contributed by atoms with Gasteiger partial charge in [-0.25, -0.2) is 4.52 Å². The van der Waals surface area contributed by atoms with Crippen LogP contribution in [-0.4, -0.2) is 9.61 Å². The van der Waals surface area contributed by atoms with Crippen molar-refractivity contribution in [3.05, 3.63) is 295 Å². The van der Waals surface area contributed by atoms with E-state index in [1.54, 1.807) is 0 Å². The molecule has 3 heteroatoms. The maximum Gasteiger partial charge on any atom is 0.101 e. The molecule has 0 unspecified atom stereocenters. The Morgan fingerprint density at radius 2 is 0.855 bits per heavy atom. The summed E-state index contributed by atoms with van der Waals surface area (Å²) in [5.41, 5.74) is 19.9. The number of anilines is 3. The van der Waals surface area contributed by atoms with Gasteiger partial charge in [-0.3, -0.25) is 0 Å². The minimum Gasteiger partial charge on any atom is -0.310 e. The van der Waals surface area contributed by atoms with Crippen molar-refractivity contribution in [3.8, 4) is 55.9 Å². The first kappa shape index (κ1) is 40.2. The smallest absolute Gasteiger partial charge is 0.101 e. The van der Waals surface area contributed by atoms with Crippen LogP contribution in [0.5, 0.6) is 0 Å². The van der Waals surface area contributed by atoms with E-state index in [2.05, 4.69) is 282 Å². The van der Waals surface area contributed by atoms with E-state index in [1.165, 1.54) is 33.4 Å². The van der Waals surface area contributed by atoms with Crippen molar-refractivity contribution in [2.45, 2.75) is 5.41 Å². The minimum atomic E-state index is -0.561. The van der Waals surface area contributed by atoms with Crippen LogP contribution >= 0.6 is 0 Å². The number of nitrogens with zero attached hydrogens (tertiary/aromatic N) is 3. The van der Waals surface area contributed by atoms with E-state index in [9.17, 15) is 0 Å². The van der Waals surface area contributed by atoms with E-state index in [0.717, 1.165) is 78.1 Å². The number of hydrogen-bond donors (Lipinski definition) is 0. The van der Waals surface area contributed by atoms with Crippen molar-refractivity contribution in [1.29, 1.82) is 0 Å². The van der Waals surface area contributed by atoms with Crippen molar-refractivity contribution >= 4 is 33.4 Å². The quantitative estimate of drug-likeness (QED) is 0.144. The average molecular weight is 880 g/mol. The Morgan fingerprint density at radius 3 is 1.51 bits per heavy atom. The highest BCUT2D eigenvalue weighted by Crippen LogP contribution is 2.57. The summed E-state index contributed by atoms with van der Waals surface area (Å²) in [5, 5.41) is 7.81. The molecule has 3 nitrogen and oxygen atoms in total. The van der Waals surface area contributed by atoms with Gasteiger partial charge in [-0.05, 0) is 86.3 Å². The third-order valence-electron chi connectivity index (χ3n) is 14.1. The summed E-state index contributed by atoms with van der Waals surface area (Å²) in [5.74, 6) is 0. The molecule has 324 valence electrons. The SMILES string of the molecule is c1ccc(-c2ccccc2N(c2ccc3c(c2)C(c2ccccc2)(c2ccccc2)c2ccccc2-3)c2ccc3cc(-c4ccccc4)n4nc(-c5ccccc5)c(-c5ccccc5)c4c3c2)cc1. The first-order chi connectivity index (χ1) is 34.3. The van der Waals surface area contributed by atoms with Crippen molar-refractivity contribution < 1.29 is 0 Å². The van der Waals surface area contributed by atoms with Gasteiger partial charge >= 0.3 is 0 Å². The molecule has 0 radical (unpaired) electrons. The summed E-state index contributed by atoms with van der Waals surface area (Å²) in [6, 6.07) is 99.2. The number of fused-ring (bicyclic) bond motifs is 6. The van der Waals surface area contributed by atoms with E-state index in [-0.39, 0.29) is 0 Å². The molecule has 1 aliphatic rings. The lowest BCUT2D eigenvalue weighted by Crippen LogP contribution is -2.28. The molecule has 0 fully saturated rings. The van der Waals surface area contributed by atoms with Crippen LogP contribution in [0.4, 0.5) is 17.1 Å². The Morgan fingerprint density at radius 1 is 0.362 bits per heavy atom. The lowest BCUT2D eigenvalue weighted by Gasteiger charge is -2.35. The molecule has 1 aliphatic carbocycles. The normalized spacial score (nSPS) is 12.5. The van der Waals surface area contributed by atoms with Gasteiger partial charge in [0.2, 0.25) is 0 Å². The third kappa shape index (κ3) is 6.54. The van der Waals surface area contributed by atoms with Crippen LogP contribution in [-0.2, 0) is 5.41 Å². The second kappa shape index (κ2) is 16.7. The van der Waals surface area contributed by atoms with Gasteiger partial charge in [0.1, 0.15) is 5.69 Å². The van der Waals surface area contributed by atoms with E-state index in [1.807, 2.05) is 0 Å². The number of pyridine rings is 1. The summed E-state index contributed by atoms with van der Waals surface area (Å²) in [7, 11) is 0. The van der Waals surface area contributed by atoms with Gasteiger partial charge in [0.05, 0.1) is 22.3 Å². The lowest BCUT2D eigenvalue weighted by molar-refractivity contribution is 0.768. The van der Waals surface area contributed by atoms with E-state index in [4.69, 9.17) is 5.10 Å². The van der Waals surface area contributed by atoms with Gasteiger partial charge < -0.3 is 4.90 Å². The molecule has 0 saturated carbocycles. The van der Waals surface area contributed by atoms with Gasteiger partial charge in [0.15, 0.2) is 0 Å². The zero-order valence-corrected chi connectivity index (χ0v) is 37.8. The molecule has 0 N–H and O–H groups in total. The van der Waals surface area contributed by atoms with Crippen LogP contribution in [0.15, 0.2) is 273 Å². The predicted octanol–water partition coefficient (Wildman–Crippen LogP) is 17.0. The van der Waals surface area contributed by atoms with Crippen molar-refractivity contribution in [2.75, 3.05) is 4.90 Å².